The minimum atomic E-state index is -3.02. The van der Waals surface area contributed by atoms with Crippen LogP contribution in [0.3, 0.4) is 0 Å². The Bertz CT molecular complexity index is 1290. The van der Waals surface area contributed by atoms with Crippen LogP contribution in [0.1, 0.15) is 41.3 Å². The summed E-state index contributed by atoms with van der Waals surface area (Å²) < 4.78 is 53.2. The second-order valence-electron chi connectivity index (χ2n) is 9.61. The van der Waals surface area contributed by atoms with E-state index in [1.807, 2.05) is 5.32 Å². The van der Waals surface area contributed by atoms with Crippen molar-refractivity contribution in [3.8, 4) is 17.2 Å². The van der Waals surface area contributed by atoms with E-state index in [0.29, 0.717) is 64.9 Å². The van der Waals surface area contributed by atoms with Crippen molar-refractivity contribution >= 4 is 34.9 Å². The molecule has 222 valence electrons. The molecule has 1 fully saturated rings. The van der Waals surface area contributed by atoms with E-state index in [1.165, 1.54) is 13.2 Å². The monoisotopic (exact) mass is 613 g/mol. The van der Waals surface area contributed by atoms with Crippen molar-refractivity contribution in [2.45, 2.75) is 32.0 Å². The molecule has 12 heteroatoms. The number of nitrogens with two attached hydrogens (primary N) is 1. The van der Waals surface area contributed by atoms with E-state index in [9.17, 15) is 13.6 Å². The van der Waals surface area contributed by atoms with Crippen LogP contribution < -0.4 is 24.8 Å². The molecule has 1 heterocycles. The first-order valence-corrected chi connectivity index (χ1v) is 13.9. The minimum Gasteiger partial charge on any atom is -0.495 e. The first kappa shape index (κ1) is 30.9. The van der Waals surface area contributed by atoms with Gasteiger partial charge < -0.3 is 34.3 Å². The van der Waals surface area contributed by atoms with Gasteiger partial charge in [0.05, 0.1) is 41.6 Å². The summed E-state index contributed by atoms with van der Waals surface area (Å²) in [5.74, 6) is 0.357. The smallest absolute Gasteiger partial charge is 0.387 e. The van der Waals surface area contributed by atoms with Crippen LogP contribution in [0, 0.1) is 5.92 Å². The third kappa shape index (κ3) is 8.72. The molecular formula is C29H33Cl2F2N2O6+. The van der Waals surface area contributed by atoms with E-state index in [-0.39, 0.29) is 23.5 Å². The molecule has 0 spiro atoms. The van der Waals surface area contributed by atoms with Gasteiger partial charge in [0, 0.05) is 25.6 Å². The number of nitrogens with one attached hydrogen (secondary N) is 1. The second kappa shape index (κ2) is 14.7. The molecule has 0 unspecified atom stereocenters. The first-order valence-electron chi connectivity index (χ1n) is 13.2. The number of carbonyl (C=O) groups is 1. The van der Waals surface area contributed by atoms with Crippen LogP contribution >= 0.6 is 23.2 Å². The predicted molar refractivity (Wildman–Crippen MR) is 151 cm³/mol. The summed E-state index contributed by atoms with van der Waals surface area (Å²) in [6, 6.07) is 9.40. The van der Waals surface area contributed by atoms with Crippen LogP contribution in [-0.4, -0.2) is 53.1 Å². The van der Waals surface area contributed by atoms with E-state index in [2.05, 4.69) is 10.1 Å². The lowest BCUT2D eigenvalue weighted by Gasteiger charge is -2.23. The maximum Gasteiger partial charge on any atom is 0.387 e. The van der Waals surface area contributed by atoms with Gasteiger partial charge in [-0.2, -0.15) is 8.78 Å². The predicted octanol–water partition coefficient (Wildman–Crippen LogP) is 5.58. The van der Waals surface area contributed by atoms with Crippen LogP contribution in [0.2, 0.25) is 0 Å². The summed E-state index contributed by atoms with van der Waals surface area (Å²) in [6.45, 7) is -1.21. The van der Waals surface area contributed by atoms with Gasteiger partial charge in [0.25, 0.3) is 0 Å². The van der Waals surface area contributed by atoms with Crippen LogP contribution in [0.5, 0.6) is 17.2 Å². The number of hydrogen-bond donors (Lipinski definition) is 2. The molecule has 3 N–H and O–H groups in total. The first-order chi connectivity index (χ1) is 19.8. The standard InChI is InChI=1S/C29H32Cl2F2N2O6/c1-37-10-9-35-23-11-19(6-7-24(23)38-2)28(36)40-26(13-20-21(30)14-34-15-22(20)31)18-5-8-25(41-29(32)33)27(12-18)39-16-17-3-4-17/h5-8,11-12,14,17,26,29,34-35H,3-4,9-10,13,15-16H2,1-2H3/p+1/t26-/m0/s1. The summed E-state index contributed by atoms with van der Waals surface area (Å²) in [5.41, 5.74) is 2.00. The van der Waals surface area contributed by atoms with Crippen molar-refractivity contribution in [1.29, 1.82) is 0 Å². The Morgan fingerprint density at radius 3 is 2.56 bits per heavy atom. The molecule has 2 aliphatic rings. The Morgan fingerprint density at radius 1 is 1.10 bits per heavy atom. The fraction of sp³-hybridized carbons (Fsp3) is 0.414. The highest BCUT2D eigenvalue weighted by atomic mass is 35.5. The number of benzene rings is 2. The average molecular weight is 614 g/mol. The Labute approximate surface area is 247 Å². The molecule has 0 saturated heterocycles. The fourth-order valence-electron chi connectivity index (χ4n) is 4.22. The number of methoxy groups -OCH3 is 2. The summed E-state index contributed by atoms with van der Waals surface area (Å²) in [7, 11) is 3.13. The number of allylic oxidation sites excluding steroid dienone is 1. The normalized spacial score (nSPS) is 15.8. The summed E-state index contributed by atoms with van der Waals surface area (Å²) in [5, 5.41) is 5.97. The quantitative estimate of drug-likeness (QED) is 0.200. The van der Waals surface area contributed by atoms with Crippen molar-refractivity contribution in [2.24, 2.45) is 5.92 Å². The van der Waals surface area contributed by atoms with E-state index in [4.69, 9.17) is 42.1 Å². The van der Waals surface area contributed by atoms with Gasteiger partial charge in [0.1, 0.15) is 24.6 Å². The topological polar surface area (TPSA) is 91.9 Å². The molecule has 41 heavy (non-hydrogen) atoms. The van der Waals surface area contributed by atoms with Gasteiger partial charge in [0.15, 0.2) is 11.5 Å². The molecule has 1 saturated carbocycles. The van der Waals surface area contributed by atoms with Crippen molar-refractivity contribution in [3.05, 3.63) is 69.4 Å². The lowest BCUT2D eigenvalue weighted by atomic mass is 9.99. The Morgan fingerprint density at radius 2 is 1.88 bits per heavy atom. The van der Waals surface area contributed by atoms with Crippen LogP contribution in [-0.2, 0) is 9.47 Å². The Balaban J connectivity index is 1.65. The van der Waals surface area contributed by atoms with Gasteiger partial charge in [-0.05, 0) is 54.7 Å². The van der Waals surface area contributed by atoms with Crippen molar-refractivity contribution in [2.75, 3.05) is 45.8 Å². The number of carbonyl (C=O) groups excluding carboxylic acids is 1. The van der Waals surface area contributed by atoms with E-state index in [0.717, 1.165) is 12.8 Å². The molecule has 1 aliphatic carbocycles. The maximum absolute atomic E-state index is 13.5. The molecule has 8 nitrogen and oxygen atoms in total. The number of esters is 1. The molecule has 1 aliphatic heterocycles. The highest BCUT2D eigenvalue weighted by Crippen LogP contribution is 2.39. The van der Waals surface area contributed by atoms with Crippen molar-refractivity contribution in [3.63, 3.8) is 0 Å². The number of ether oxygens (including phenoxy) is 5. The average Bonchev–Trinajstić information content (AvgIpc) is 3.78. The lowest BCUT2D eigenvalue weighted by molar-refractivity contribution is -0.580. The molecule has 2 aromatic carbocycles. The molecule has 4 rings (SSSR count). The Hall–Kier alpha value is -3.05. The lowest BCUT2D eigenvalue weighted by Crippen LogP contribution is -2.79. The third-order valence-electron chi connectivity index (χ3n) is 6.60. The van der Waals surface area contributed by atoms with Crippen molar-refractivity contribution < 1.29 is 42.6 Å². The van der Waals surface area contributed by atoms with Gasteiger partial charge >= 0.3 is 12.6 Å². The molecule has 0 bridgehead atoms. The molecule has 0 radical (unpaired) electrons. The largest absolute Gasteiger partial charge is 0.495 e. The number of halogens is 4. The van der Waals surface area contributed by atoms with E-state index >= 15 is 0 Å². The van der Waals surface area contributed by atoms with E-state index in [1.54, 1.807) is 43.6 Å². The minimum absolute atomic E-state index is 0.0983. The van der Waals surface area contributed by atoms with Gasteiger partial charge in [-0.3, -0.25) is 0 Å². The van der Waals surface area contributed by atoms with Crippen molar-refractivity contribution in [1.82, 2.24) is 0 Å². The maximum atomic E-state index is 13.5. The molecular weight excluding hydrogens is 581 g/mol. The zero-order valence-electron chi connectivity index (χ0n) is 22.8. The number of quaternary nitrogens is 1. The van der Waals surface area contributed by atoms with Gasteiger partial charge in [0.2, 0.25) is 0 Å². The van der Waals surface area contributed by atoms with Gasteiger partial charge in [-0.25, -0.2) is 4.79 Å². The zero-order valence-corrected chi connectivity index (χ0v) is 24.3. The number of anilines is 1. The molecule has 1 atom stereocenters. The third-order valence-corrected chi connectivity index (χ3v) is 7.34. The summed E-state index contributed by atoms with van der Waals surface area (Å²) >= 11 is 13.0. The fourth-order valence-corrected chi connectivity index (χ4v) is 4.82. The van der Waals surface area contributed by atoms with Gasteiger partial charge in [-0.15, -0.1) is 0 Å². The zero-order chi connectivity index (χ0) is 29.4. The van der Waals surface area contributed by atoms with Gasteiger partial charge in [-0.1, -0.05) is 29.3 Å². The van der Waals surface area contributed by atoms with Crippen LogP contribution in [0.15, 0.2) is 58.2 Å². The highest BCUT2D eigenvalue weighted by molar-refractivity contribution is 6.35. The number of rotatable bonds is 15. The molecule has 0 aromatic heterocycles. The molecule has 2 aromatic rings. The summed E-state index contributed by atoms with van der Waals surface area (Å²) in [6.07, 6.45) is 3.06. The summed E-state index contributed by atoms with van der Waals surface area (Å²) in [4.78, 5) is 13.5. The van der Waals surface area contributed by atoms with E-state index < -0.39 is 18.7 Å². The van der Waals surface area contributed by atoms with Crippen LogP contribution in [0.4, 0.5) is 14.5 Å². The molecule has 0 amide bonds. The number of alkyl halides is 2. The second-order valence-corrected chi connectivity index (χ2v) is 10.5. The SMILES string of the molecule is COCCNc1cc(C(=O)O[C@@H](CC2=C(Cl)C[NH2+]C=C2Cl)c2ccc(OC(F)F)c(OCC3CC3)c2)ccc1OC. The highest BCUT2D eigenvalue weighted by Gasteiger charge is 2.28. The van der Waals surface area contributed by atoms with Crippen LogP contribution in [0.25, 0.3) is 0 Å². The number of hydrogen-bond acceptors (Lipinski definition) is 7. The Kier molecular flexibility index (Phi) is 11.1.